The number of benzene rings is 3. The number of nitrogens with zero attached hydrogens (tertiary/aromatic N) is 1. The minimum atomic E-state index is 1.03. The molecule has 0 unspecified atom stereocenters. The number of aromatic nitrogens is 1. The van der Waals surface area contributed by atoms with Crippen LogP contribution in [-0.4, -0.2) is 4.98 Å². The number of hydrogen-bond donors (Lipinski definition) is 0. The Labute approximate surface area is 154 Å². The van der Waals surface area contributed by atoms with Gasteiger partial charge in [-0.3, -0.25) is 0 Å². The maximum atomic E-state index is 4.87. The number of rotatable bonds is 2. The fraction of sp³-hybridized carbons (Fsp3) is 0.0952. The Morgan fingerprint density at radius 2 is 1.58 bits per heavy atom. The standard InChI is InChI=1S/C21H16BrNS/c1-13-6-9-15(10-7-13)24-21-16-11-8-14(2)12-19(16)23-18-5-3-4-17(22)20(18)21/h3-12H,1-2H3. The molecule has 1 nitrogen and oxygen atoms in total. The molecule has 0 aliphatic carbocycles. The molecular weight excluding hydrogens is 378 g/mol. The zero-order chi connectivity index (χ0) is 16.7. The molecule has 3 heteroatoms. The van der Waals surface area contributed by atoms with Crippen molar-refractivity contribution in [2.75, 3.05) is 0 Å². The van der Waals surface area contributed by atoms with Crippen LogP contribution in [0.3, 0.4) is 0 Å². The first-order valence-corrected chi connectivity index (χ1v) is 9.46. The van der Waals surface area contributed by atoms with Crippen molar-refractivity contribution in [2.45, 2.75) is 23.6 Å². The van der Waals surface area contributed by atoms with Crippen LogP contribution in [0.5, 0.6) is 0 Å². The summed E-state index contributed by atoms with van der Waals surface area (Å²) in [5.41, 5.74) is 4.59. The van der Waals surface area contributed by atoms with Crippen LogP contribution in [0, 0.1) is 13.8 Å². The molecule has 0 radical (unpaired) electrons. The van der Waals surface area contributed by atoms with Gasteiger partial charge in [-0.25, -0.2) is 4.98 Å². The first-order valence-electron chi connectivity index (χ1n) is 7.85. The molecule has 0 fully saturated rings. The van der Waals surface area contributed by atoms with Crippen molar-refractivity contribution in [2.24, 2.45) is 0 Å². The largest absolute Gasteiger partial charge is 0.248 e. The van der Waals surface area contributed by atoms with E-state index in [-0.39, 0.29) is 0 Å². The van der Waals surface area contributed by atoms with E-state index in [0.29, 0.717) is 0 Å². The molecule has 4 rings (SSSR count). The van der Waals surface area contributed by atoms with Crippen molar-refractivity contribution in [1.29, 1.82) is 0 Å². The van der Waals surface area contributed by atoms with Crippen LogP contribution in [-0.2, 0) is 0 Å². The maximum Gasteiger partial charge on any atom is 0.0732 e. The van der Waals surface area contributed by atoms with Crippen LogP contribution in [0.15, 0.2) is 74.9 Å². The second-order valence-electron chi connectivity index (χ2n) is 6.01. The Balaban J connectivity index is 2.03. The molecule has 0 atom stereocenters. The summed E-state index contributed by atoms with van der Waals surface area (Å²) in [5.74, 6) is 0. The van der Waals surface area contributed by atoms with Gasteiger partial charge in [0.25, 0.3) is 0 Å². The van der Waals surface area contributed by atoms with E-state index in [4.69, 9.17) is 4.98 Å². The molecule has 0 aliphatic heterocycles. The summed E-state index contributed by atoms with van der Waals surface area (Å²) >= 11 is 5.52. The summed E-state index contributed by atoms with van der Waals surface area (Å²) < 4.78 is 1.09. The monoisotopic (exact) mass is 393 g/mol. The van der Waals surface area contributed by atoms with E-state index < -0.39 is 0 Å². The summed E-state index contributed by atoms with van der Waals surface area (Å²) in [7, 11) is 0. The number of fused-ring (bicyclic) bond motifs is 2. The van der Waals surface area contributed by atoms with Gasteiger partial charge in [0, 0.05) is 25.0 Å². The molecule has 0 aliphatic rings. The molecule has 118 valence electrons. The summed E-state index contributed by atoms with van der Waals surface area (Å²) in [6, 6.07) is 21.4. The van der Waals surface area contributed by atoms with Crippen molar-refractivity contribution in [3.8, 4) is 0 Å². The van der Waals surface area contributed by atoms with Gasteiger partial charge in [0.1, 0.15) is 0 Å². The Morgan fingerprint density at radius 1 is 0.833 bits per heavy atom. The molecule has 0 amide bonds. The van der Waals surface area contributed by atoms with E-state index in [1.807, 2.05) is 6.07 Å². The SMILES string of the molecule is Cc1ccc(Sc2c3ccc(C)cc3nc3cccc(Br)c23)cc1. The van der Waals surface area contributed by atoms with Crippen LogP contribution in [0.4, 0.5) is 0 Å². The highest BCUT2D eigenvalue weighted by molar-refractivity contribution is 9.10. The third-order valence-corrected chi connectivity index (χ3v) is 5.90. The van der Waals surface area contributed by atoms with E-state index in [9.17, 15) is 0 Å². The lowest BCUT2D eigenvalue weighted by Gasteiger charge is -2.12. The summed E-state index contributed by atoms with van der Waals surface area (Å²) in [6.45, 7) is 4.23. The minimum absolute atomic E-state index is 1.03. The quantitative estimate of drug-likeness (QED) is 0.342. The highest BCUT2D eigenvalue weighted by Crippen LogP contribution is 2.41. The van der Waals surface area contributed by atoms with Crippen molar-refractivity contribution >= 4 is 49.5 Å². The third-order valence-electron chi connectivity index (χ3n) is 4.10. The molecule has 0 bridgehead atoms. The Kier molecular flexibility index (Phi) is 4.07. The van der Waals surface area contributed by atoms with Crippen molar-refractivity contribution in [3.63, 3.8) is 0 Å². The topological polar surface area (TPSA) is 12.9 Å². The predicted molar refractivity (Wildman–Crippen MR) is 107 cm³/mol. The van der Waals surface area contributed by atoms with E-state index in [0.717, 1.165) is 15.5 Å². The Morgan fingerprint density at radius 3 is 2.38 bits per heavy atom. The van der Waals surface area contributed by atoms with Gasteiger partial charge >= 0.3 is 0 Å². The maximum absolute atomic E-state index is 4.87. The Bertz CT molecular complexity index is 1050. The van der Waals surface area contributed by atoms with Gasteiger partial charge in [-0.05, 0) is 49.7 Å². The fourth-order valence-corrected chi connectivity index (χ4v) is 4.64. The molecule has 3 aromatic carbocycles. The van der Waals surface area contributed by atoms with Gasteiger partial charge in [-0.1, -0.05) is 63.6 Å². The first-order chi connectivity index (χ1) is 11.6. The van der Waals surface area contributed by atoms with Gasteiger partial charge in [0.2, 0.25) is 0 Å². The zero-order valence-corrected chi connectivity index (χ0v) is 15.9. The van der Waals surface area contributed by atoms with Gasteiger partial charge in [0.05, 0.1) is 11.0 Å². The molecule has 4 aromatic rings. The van der Waals surface area contributed by atoms with Crippen LogP contribution in [0.1, 0.15) is 11.1 Å². The van der Waals surface area contributed by atoms with Crippen LogP contribution >= 0.6 is 27.7 Å². The van der Waals surface area contributed by atoms with Crippen LogP contribution in [0.2, 0.25) is 0 Å². The van der Waals surface area contributed by atoms with E-state index in [1.165, 1.54) is 31.7 Å². The average Bonchev–Trinajstić information content (AvgIpc) is 2.56. The molecule has 0 saturated carbocycles. The predicted octanol–water partition coefficient (Wildman–Crippen LogP) is 6.92. The highest BCUT2D eigenvalue weighted by Gasteiger charge is 2.13. The van der Waals surface area contributed by atoms with Crippen molar-refractivity contribution < 1.29 is 0 Å². The number of pyridine rings is 1. The molecule has 0 spiro atoms. The molecule has 1 aromatic heterocycles. The van der Waals surface area contributed by atoms with E-state index >= 15 is 0 Å². The zero-order valence-electron chi connectivity index (χ0n) is 13.5. The minimum Gasteiger partial charge on any atom is -0.248 e. The molecular formula is C21H16BrNS. The second-order valence-corrected chi connectivity index (χ2v) is 7.95. The second kappa shape index (κ2) is 6.23. The highest BCUT2D eigenvalue weighted by atomic mass is 79.9. The molecule has 24 heavy (non-hydrogen) atoms. The molecule has 0 N–H and O–H groups in total. The lowest BCUT2D eigenvalue weighted by atomic mass is 10.1. The smallest absolute Gasteiger partial charge is 0.0732 e. The van der Waals surface area contributed by atoms with E-state index in [2.05, 4.69) is 84.4 Å². The van der Waals surface area contributed by atoms with Crippen LogP contribution < -0.4 is 0 Å². The third kappa shape index (κ3) is 2.83. The average molecular weight is 394 g/mol. The van der Waals surface area contributed by atoms with Crippen LogP contribution in [0.25, 0.3) is 21.8 Å². The lowest BCUT2D eigenvalue weighted by Crippen LogP contribution is -1.89. The van der Waals surface area contributed by atoms with Gasteiger partial charge in [0.15, 0.2) is 0 Å². The molecule has 1 heterocycles. The van der Waals surface area contributed by atoms with Crippen molar-refractivity contribution in [3.05, 3.63) is 76.3 Å². The van der Waals surface area contributed by atoms with Gasteiger partial charge in [-0.2, -0.15) is 0 Å². The van der Waals surface area contributed by atoms with E-state index in [1.54, 1.807) is 11.8 Å². The number of halogens is 1. The normalized spacial score (nSPS) is 11.3. The van der Waals surface area contributed by atoms with Crippen molar-refractivity contribution in [1.82, 2.24) is 4.98 Å². The summed E-state index contributed by atoms with van der Waals surface area (Å²) in [4.78, 5) is 7.37. The van der Waals surface area contributed by atoms with Gasteiger partial charge < -0.3 is 0 Å². The Hall–Kier alpha value is -1.84. The first kappa shape index (κ1) is 15.7. The number of aryl methyl sites for hydroxylation is 2. The fourth-order valence-electron chi connectivity index (χ4n) is 2.85. The molecule has 0 saturated heterocycles. The summed E-state index contributed by atoms with van der Waals surface area (Å²) in [5, 5.41) is 2.38. The lowest BCUT2D eigenvalue weighted by molar-refractivity contribution is 1.36. The summed E-state index contributed by atoms with van der Waals surface area (Å²) in [6.07, 6.45) is 0. The number of hydrogen-bond acceptors (Lipinski definition) is 2. The van der Waals surface area contributed by atoms with Gasteiger partial charge in [-0.15, -0.1) is 0 Å².